The van der Waals surface area contributed by atoms with Crippen LogP contribution in [-0.4, -0.2) is 37.1 Å². The van der Waals surface area contributed by atoms with Gasteiger partial charge in [0.15, 0.2) is 5.13 Å². The van der Waals surface area contributed by atoms with Crippen LogP contribution in [0.5, 0.6) is 0 Å². The number of piperazine rings is 1. The predicted molar refractivity (Wildman–Crippen MR) is 111 cm³/mol. The maximum Gasteiger partial charge on any atom is 0.271 e. The molecule has 2 aromatic carbocycles. The van der Waals surface area contributed by atoms with Crippen molar-refractivity contribution in [2.75, 3.05) is 36.0 Å². The second kappa shape index (κ2) is 8.39. The monoisotopic (exact) mass is 396 g/mol. The van der Waals surface area contributed by atoms with Crippen molar-refractivity contribution < 1.29 is 9.18 Å². The molecule has 1 N–H and O–H groups in total. The van der Waals surface area contributed by atoms with Crippen molar-refractivity contribution in [3.05, 3.63) is 77.1 Å². The molecule has 1 saturated heterocycles. The molecule has 1 fully saturated rings. The first kappa shape index (κ1) is 18.4. The Morgan fingerprint density at radius 2 is 1.68 bits per heavy atom. The summed E-state index contributed by atoms with van der Waals surface area (Å²) in [4.78, 5) is 21.4. The lowest BCUT2D eigenvalue weighted by Crippen LogP contribution is -2.46. The van der Waals surface area contributed by atoms with Crippen molar-refractivity contribution >= 4 is 28.1 Å². The van der Waals surface area contributed by atoms with E-state index < -0.39 is 0 Å². The van der Waals surface area contributed by atoms with E-state index in [1.165, 1.54) is 29.2 Å². The summed E-state index contributed by atoms with van der Waals surface area (Å²) in [7, 11) is 0. The Bertz CT molecular complexity index is 921. The van der Waals surface area contributed by atoms with Crippen LogP contribution in [0.1, 0.15) is 16.1 Å². The first-order valence-electron chi connectivity index (χ1n) is 9.22. The van der Waals surface area contributed by atoms with Gasteiger partial charge in [-0.2, -0.15) is 0 Å². The molecular formula is C21H21FN4OS. The van der Waals surface area contributed by atoms with Crippen LogP contribution < -0.4 is 15.1 Å². The van der Waals surface area contributed by atoms with Gasteiger partial charge in [0.2, 0.25) is 0 Å². The third-order valence-electron chi connectivity index (χ3n) is 4.76. The highest BCUT2D eigenvalue weighted by molar-refractivity contribution is 7.13. The molecular weight excluding hydrogens is 375 g/mol. The zero-order valence-electron chi connectivity index (χ0n) is 15.3. The third kappa shape index (κ3) is 4.31. The first-order valence-corrected chi connectivity index (χ1v) is 10.1. The van der Waals surface area contributed by atoms with Crippen molar-refractivity contribution in [3.8, 4) is 0 Å². The lowest BCUT2D eigenvalue weighted by molar-refractivity contribution is 0.0946. The minimum Gasteiger partial charge on any atom is -0.368 e. The van der Waals surface area contributed by atoms with Crippen molar-refractivity contribution in [2.24, 2.45) is 0 Å². The Balaban J connectivity index is 1.31. The van der Waals surface area contributed by atoms with Gasteiger partial charge in [-0.1, -0.05) is 30.3 Å². The number of nitrogens with one attached hydrogen (secondary N) is 1. The lowest BCUT2D eigenvalue weighted by Gasteiger charge is -2.35. The Morgan fingerprint density at radius 1 is 1.00 bits per heavy atom. The number of thiazole rings is 1. The van der Waals surface area contributed by atoms with Gasteiger partial charge >= 0.3 is 0 Å². The summed E-state index contributed by atoms with van der Waals surface area (Å²) in [5, 5.41) is 5.50. The number of rotatable bonds is 5. The van der Waals surface area contributed by atoms with Gasteiger partial charge < -0.3 is 15.1 Å². The van der Waals surface area contributed by atoms with Gasteiger partial charge in [0.05, 0.1) is 0 Å². The molecule has 28 heavy (non-hydrogen) atoms. The standard InChI is InChI=1S/C21H21FN4OS/c22-17-8-6-16(7-9-17)14-23-20(27)19-15-28-21(24-19)26-12-10-25(11-13-26)18-4-2-1-3-5-18/h1-9,15H,10-14H2,(H,23,27). The molecule has 4 rings (SSSR count). The Morgan fingerprint density at radius 3 is 2.39 bits per heavy atom. The average Bonchev–Trinajstić information content (AvgIpc) is 3.24. The number of carbonyl (C=O) groups excluding carboxylic acids is 1. The third-order valence-corrected chi connectivity index (χ3v) is 5.66. The molecule has 7 heteroatoms. The number of para-hydroxylation sites is 1. The number of nitrogens with zero attached hydrogens (tertiary/aromatic N) is 3. The van der Waals surface area contributed by atoms with E-state index in [1.807, 2.05) is 6.07 Å². The van der Waals surface area contributed by atoms with Gasteiger partial charge in [0.25, 0.3) is 5.91 Å². The van der Waals surface area contributed by atoms with Gasteiger partial charge in [0.1, 0.15) is 11.5 Å². The molecule has 0 atom stereocenters. The quantitative estimate of drug-likeness (QED) is 0.717. The second-order valence-electron chi connectivity index (χ2n) is 6.63. The number of halogens is 1. The maximum atomic E-state index is 12.9. The number of benzene rings is 2. The molecule has 3 aromatic rings. The van der Waals surface area contributed by atoms with Crippen LogP contribution in [0.4, 0.5) is 15.2 Å². The summed E-state index contributed by atoms with van der Waals surface area (Å²) in [5.74, 6) is -0.499. The molecule has 1 aromatic heterocycles. The lowest BCUT2D eigenvalue weighted by atomic mass is 10.2. The highest BCUT2D eigenvalue weighted by Crippen LogP contribution is 2.24. The van der Waals surface area contributed by atoms with Gasteiger partial charge in [-0.3, -0.25) is 4.79 Å². The van der Waals surface area contributed by atoms with E-state index in [4.69, 9.17) is 0 Å². The fourth-order valence-electron chi connectivity index (χ4n) is 3.18. The highest BCUT2D eigenvalue weighted by atomic mass is 32.1. The van der Waals surface area contributed by atoms with Crippen LogP contribution >= 0.6 is 11.3 Å². The topological polar surface area (TPSA) is 48.5 Å². The predicted octanol–water partition coefficient (Wildman–Crippen LogP) is 3.54. The minimum absolute atomic E-state index is 0.213. The van der Waals surface area contributed by atoms with E-state index in [0.717, 1.165) is 36.9 Å². The summed E-state index contributed by atoms with van der Waals surface area (Å²) in [6, 6.07) is 16.5. The molecule has 2 heterocycles. The number of amides is 1. The van der Waals surface area contributed by atoms with Gasteiger partial charge in [-0.05, 0) is 29.8 Å². The number of hydrogen-bond acceptors (Lipinski definition) is 5. The molecule has 0 saturated carbocycles. The highest BCUT2D eigenvalue weighted by Gasteiger charge is 2.21. The minimum atomic E-state index is -0.286. The molecule has 1 aliphatic heterocycles. The SMILES string of the molecule is O=C(NCc1ccc(F)cc1)c1csc(N2CCN(c3ccccc3)CC2)n1. The molecule has 0 aliphatic carbocycles. The summed E-state index contributed by atoms with van der Waals surface area (Å²) in [6.45, 7) is 3.95. The molecule has 5 nitrogen and oxygen atoms in total. The van der Waals surface area contributed by atoms with Crippen LogP contribution in [0.25, 0.3) is 0 Å². The van der Waals surface area contributed by atoms with Gasteiger partial charge in [-0.25, -0.2) is 9.37 Å². The molecule has 0 radical (unpaired) electrons. The van der Waals surface area contributed by atoms with Crippen LogP contribution in [0.3, 0.4) is 0 Å². The Labute approximate surface area is 167 Å². The van der Waals surface area contributed by atoms with E-state index in [-0.39, 0.29) is 11.7 Å². The van der Waals surface area contributed by atoms with E-state index in [2.05, 4.69) is 44.4 Å². The zero-order valence-corrected chi connectivity index (χ0v) is 16.2. The molecule has 144 valence electrons. The molecule has 0 unspecified atom stereocenters. The fourth-order valence-corrected chi connectivity index (χ4v) is 4.04. The van der Waals surface area contributed by atoms with E-state index in [1.54, 1.807) is 17.5 Å². The average molecular weight is 396 g/mol. The van der Waals surface area contributed by atoms with Crippen LogP contribution in [0, 0.1) is 5.82 Å². The molecule has 1 amide bonds. The summed E-state index contributed by atoms with van der Waals surface area (Å²) in [6.07, 6.45) is 0. The number of anilines is 2. The van der Waals surface area contributed by atoms with Crippen LogP contribution in [0.2, 0.25) is 0 Å². The van der Waals surface area contributed by atoms with Crippen molar-refractivity contribution in [1.29, 1.82) is 0 Å². The summed E-state index contributed by atoms with van der Waals surface area (Å²) < 4.78 is 12.9. The van der Waals surface area contributed by atoms with Gasteiger partial charge in [0, 0.05) is 43.8 Å². The normalized spacial score (nSPS) is 14.2. The van der Waals surface area contributed by atoms with E-state index in [0.29, 0.717) is 12.2 Å². The van der Waals surface area contributed by atoms with Gasteiger partial charge in [-0.15, -0.1) is 11.3 Å². The molecule has 0 bridgehead atoms. The molecule has 0 spiro atoms. The van der Waals surface area contributed by atoms with Crippen molar-refractivity contribution in [1.82, 2.24) is 10.3 Å². The van der Waals surface area contributed by atoms with E-state index in [9.17, 15) is 9.18 Å². The van der Waals surface area contributed by atoms with Crippen molar-refractivity contribution in [3.63, 3.8) is 0 Å². The number of aromatic nitrogens is 1. The Kier molecular flexibility index (Phi) is 5.53. The number of hydrogen-bond donors (Lipinski definition) is 1. The fraction of sp³-hybridized carbons (Fsp3) is 0.238. The largest absolute Gasteiger partial charge is 0.368 e. The van der Waals surface area contributed by atoms with Crippen LogP contribution in [0.15, 0.2) is 60.0 Å². The summed E-state index contributed by atoms with van der Waals surface area (Å²) in [5.41, 5.74) is 2.51. The maximum absolute atomic E-state index is 12.9. The molecule has 1 aliphatic rings. The smallest absolute Gasteiger partial charge is 0.271 e. The van der Waals surface area contributed by atoms with E-state index >= 15 is 0 Å². The van der Waals surface area contributed by atoms with Crippen LogP contribution in [-0.2, 0) is 6.54 Å². The van der Waals surface area contributed by atoms with Crippen molar-refractivity contribution in [2.45, 2.75) is 6.54 Å². The second-order valence-corrected chi connectivity index (χ2v) is 7.47. The Hall–Kier alpha value is -2.93. The first-order chi connectivity index (χ1) is 13.7. The zero-order chi connectivity index (χ0) is 19.3. The summed E-state index contributed by atoms with van der Waals surface area (Å²) >= 11 is 1.49. The number of carbonyl (C=O) groups is 1.